The van der Waals surface area contributed by atoms with E-state index in [1.807, 2.05) is 0 Å². The molecule has 1 aromatic rings. The number of thiocarbonyl (C=S) groups is 1. The summed E-state index contributed by atoms with van der Waals surface area (Å²) in [5.74, 6) is -0.613. The molecule has 1 amide bonds. The van der Waals surface area contributed by atoms with Gasteiger partial charge in [-0.25, -0.2) is 4.79 Å². The summed E-state index contributed by atoms with van der Waals surface area (Å²) in [6, 6.07) is 0.675. The first kappa shape index (κ1) is 20.6. The van der Waals surface area contributed by atoms with Crippen molar-refractivity contribution in [2.24, 2.45) is 0 Å². The maximum atomic E-state index is 12.4. The number of nitrogens with one attached hydrogen (secondary N) is 1. The number of esters is 1. The fourth-order valence-electron chi connectivity index (χ4n) is 3.34. The zero-order chi connectivity index (χ0) is 19.6. The number of methoxy groups -OCH3 is 1. The minimum atomic E-state index is -0.471. The van der Waals surface area contributed by atoms with E-state index in [0.717, 1.165) is 12.8 Å². The van der Waals surface area contributed by atoms with Crippen molar-refractivity contribution < 1.29 is 14.3 Å². The number of nitrogens with zero attached hydrogens (tertiary/aromatic N) is 2. The highest BCUT2D eigenvalue weighted by molar-refractivity contribution is 7.80. The van der Waals surface area contributed by atoms with Gasteiger partial charge >= 0.3 is 5.97 Å². The fraction of sp³-hybridized carbons (Fsp3) is 0.611. The number of amides is 1. The van der Waals surface area contributed by atoms with Gasteiger partial charge in [0.25, 0.3) is 5.91 Å². The zero-order valence-corrected chi connectivity index (χ0v) is 17.8. The first-order chi connectivity index (χ1) is 12.2. The molecule has 0 bridgehead atoms. The molecule has 0 aromatic carbocycles. The lowest BCUT2D eigenvalue weighted by Gasteiger charge is -2.40. The first-order valence-electron chi connectivity index (χ1n) is 8.71. The number of piperidine rings is 1. The SMILES string of the molecule is COC(=O)c1c(NC(=S)N2C(C)CCCC2C)sc(C(=O)N(C)C)c1C. The number of hydrogen-bond acceptors (Lipinski definition) is 5. The number of hydrogen-bond donors (Lipinski definition) is 1. The summed E-state index contributed by atoms with van der Waals surface area (Å²) >= 11 is 6.88. The molecular weight excluding hydrogens is 370 g/mol. The Kier molecular flexibility index (Phi) is 6.63. The zero-order valence-electron chi connectivity index (χ0n) is 16.2. The molecule has 2 atom stereocenters. The van der Waals surface area contributed by atoms with E-state index in [-0.39, 0.29) is 5.91 Å². The van der Waals surface area contributed by atoms with E-state index in [2.05, 4.69) is 24.1 Å². The fourth-order valence-corrected chi connectivity index (χ4v) is 5.08. The van der Waals surface area contributed by atoms with Crippen LogP contribution in [0.1, 0.15) is 58.7 Å². The summed E-state index contributed by atoms with van der Waals surface area (Å²) in [4.78, 5) is 29.0. The molecule has 2 heterocycles. The minimum absolute atomic E-state index is 0.142. The van der Waals surface area contributed by atoms with Crippen LogP contribution in [0.3, 0.4) is 0 Å². The summed E-state index contributed by atoms with van der Waals surface area (Å²) in [6.45, 7) is 6.08. The molecule has 2 unspecified atom stereocenters. The maximum Gasteiger partial charge on any atom is 0.341 e. The van der Waals surface area contributed by atoms with Crippen molar-refractivity contribution in [3.05, 3.63) is 16.0 Å². The number of anilines is 1. The largest absolute Gasteiger partial charge is 0.465 e. The van der Waals surface area contributed by atoms with Gasteiger partial charge in [0.05, 0.1) is 17.6 Å². The molecule has 1 aliphatic rings. The Labute approximate surface area is 164 Å². The van der Waals surface area contributed by atoms with Gasteiger partial charge in [0.2, 0.25) is 0 Å². The Balaban J connectivity index is 2.38. The van der Waals surface area contributed by atoms with Crippen LogP contribution in [0.15, 0.2) is 0 Å². The van der Waals surface area contributed by atoms with Gasteiger partial charge in [-0.05, 0) is 57.8 Å². The Morgan fingerprint density at radius 1 is 1.27 bits per heavy atom. The monoisotopic (exact) mass is 397 g/mol. The number of thiophene rings is 1. The summed E-state index contributed by atoms with van der Waals surface area (Å²) < 4.78 is 4.93. The third-order valence-corrected chi connectivity index (χ3v) is 6.29. The Morgan fingerprint density at radius 2 is 1.85 bits per heavy atom. The molecule has 8 heteroatoms. The van der Waals surface area contributed by atoms with Gasteiger partial charge in [-0.2, -0.15) is 0 Å². The molecule has 144 valence electrons. The molecule has 0 radical (unpaired) electrons. The molecule has 1 fully saturated rings. The highest BCUT2D eigenvalue weighted by atomic mass is 32.1. The van der Waals surface area contributed by atoms with Gasteiger partial charge in [-0.1, -0.05) is 0 Å². The van der Waals surface area contributed by atoms with E-state index in [1.165, 1.54) is 29.8 Å². The Bertz CT molecular complexity index is 705. The molecule has 0 spiro atoms. The van der Waals surface area contributed by atoms with Crippen molar-refractivity contribution >= 4 is 45.5 Å². The molecule has 26 heavy (non-hydrogen) atoms. The topological polar surface area (TPSA) is 61.9 Å². The second-order valence-electron chi connectivity index (χ2n) is 6.92. The molecule has 0 saturated carbocycles. The standard InChI is InChI=1S/C18H27N3O3S2/c1-10-8-7-9-11(2)21(10)18(25)19-15-13(17(23)24-6)12(3)14(26-15)16(22)20(4)5/h10-11H,7-9H2,1-6H3,(H,19,25). The number of carbonyl (C=O) groups excluding carboxylic acids is 2. The predicted octanol–water partition coefficient (Wildman–Crippen LogP) is 3.50. The molecule has 2 rings (SSSR count). The van der Waals surface area contributed by atoms with Crippen LogP contribution in [0, 0.1) is 6.92 Å². The van der Waals surface area contributed by atoms with Crippen molar-refractivity contribution in [2.75, 3.05) is 26.5 Å². The van der Waals surface area contributed by atoms with Crippen LogP contribution in [-0.2, 0) is 4.74 Å². The molecule has 1 saturated heterocycles. The molecular formula is C18H27N3O3S2. The summed E-state index contributed by atoms with van der Waals surface area (Å²) in [7, 11) is 4.71. The summed E-state index contributed by atoms with van der Waals surface area (Å²) in [6.07, 6.45) is 3.36. The minimum Gasteiger partial charge on any atom is -0.465 e. The predicted molar refractivity (Wildman–Crippen MR) is 109 cm³/mol. The van der Waals surface area contributed by atoms with Crippen LogP contribution >= 0.6 is 23.6 Å². The lowest BCUT2D eigenvalue weighted by Crippen LogP contribution is -2.49. The van der Waals surface area contributed by atoms with E-state index in [4.69, 9.17) is 17.0 Å². The number of rotatable bonds is 3. The van der Waals surface area contributed by atoms with Crippen molar-refractivity contribution in [1.29, 1.82) is 0 Å². The molecule has 0 aliphatic carbocycles. The van der Waals surface area contributed by atoms with Gasteiger partial charge in [-0.3, -0.25) is 4.79 Å². The highest BCUT2D eigenvalue weighted by Gasteiger charge is 2.30. The van der Waals surface area contributed by atoms with Gasteiger partial charge in [-0.15, -0.1) is 11.3 Å². The molecule has 1 aromatic heterocycles. The third kappa shape index (κ3) is 4.01. The normalized spacial score (nSPS) is 19.8. The van der Waals surface area contributed by atoms with E-state index >= 15 is 0 Å². The van der Waals surface area contributed by atoms with Gasteiger partial charge < -0.3 is 19.9 Å². The summed E-state index contributed by atoms with van der Waals surface area (Å²) in [5, 5.41) is 4.36. The van der Waals surface area contributed by atoms with E-state index < -0.39 is 5.97 Å². The first-order valence-corrected chi connectivity index (χ1v) is 9.94. The van der Waals surface area contributed by atoms with Crippen molar-refractivity contribution in [2.45, 2.75) is 52.1 Å². The van der Waals surface area contributed by atoms with Crippen LogP contribution < -0.4 is 5.32 Å². The average Bonchev–Trinajstić information content (AvgIpc) is 2.89. The van der Waals surface area contributed by atoms with Crippen molar-refractivity contribution in [3.63, 3.8) is 0 Å². The molecule has 1 aliphatic heterocycles. The Morgan fingerprint density at radius 3 is 2.35 bits per heavy atom. The van der Waals surface area contributed by atoms with Crippen LogP contribution in [-0.4, -0.2) is 60.1 Å². The second kappa shape index (κ2) is 8.35. The van der Waals surface area contributed by atoms with Gasteiger partial charge in [0, 0.05) is 26.2 Å². The number of likely N-dealkylation sites (tertiary alicyclic amines) is 1. The smallest absolute Gasteiger partial charge is 0.341 e. The van der Waals surface area contributed by atoms with Crippen LogP contribution in [0.2, 0.25) is 0 Å². The highest BCUT2D eigenvalue weighted by Crippen LogP contribution is 2.35. The summed E-state index contributed by atoms with van der Waals surface area (Å²) in [5.41, 5.74) is 0.993. The van der Waals surface area contributed by atoms with E-state index in [1.54, 1.807) is 21.0 Å². The van der Waals surface area contributed by atoms with Gasteiger partial charge in [0.15, 0.2) is 5.11 Å². The van der Waals surface area contributed by atoms with Crippen LogP contribution in [0.25, 0.3) is 0 Å². The Hall–Kier alpha value is -1.67. The van der Waals surface area contributed by atoms with Gasteiger partial charge in [0.1, 0.15) is 5.00 Å². The van der Waals surface area contributed by atoms with E-state index in [9.17, 15) is 9.59 Å². The van der Waals surface area contributed by atoms with E-state index in [0.29, 0.717) is 38.2 Å². The van der Waals surface area contributed by atoms with Crippen LogP contribution in [0.4, 0.5) is 5.00 Å². The lowest BCUT2D eigenvalue weighted by atomic mass is 9.98. The quantitative estimate of drug-likeness (QED) is 0.622. The van der Waals surface area contributed by atoms with Crippen molar-refractivity contribution in [1.82, 2.24) is 9.80 Å². The number of carbonyl (C=O) groups is 2. The van der Waals surface area contributed by atoms with Crippen molar-refractivity contribution in [3.8, 4) is 0 Å². The average molecular weight is 398 g/mol. The molecule has 6 nitrogen and oxygen atoms in total. The molecule has 1 N–H and O–H groups in total. The second-order valence-corrected chi connectivity index (χ2v) is 8.33. The third-order valence-electron chi connectivity index (χ3n) is 4.79. The van der Waals surface area contributed by atoms with Crippen LogP contribution in [0.5, 0.6) is 0 Å². The lowest BCUT2D eigenvalue weighted by molar-refractivity contribution is 0.0601. The maximum absolute atomic E-state index is 12.4. The number of ether oxygens (including phenoxy) is 1.